The van der Waals surface area contributed by atoms with Crippen LogP contribution in [0.4, 0.5) is 5.69 Å². The summed E-state index contributed by atoms with van der Waals surface area (Å²) in [6, 6.07) is 7.30. The van der Waals surface area contributed by atoms with E-state index in [0.29, 0.717) is 17.4 Å². The molecule has 1 saturated carbocycles. The van der Waals surface area contributed by atoms with Crippen LogP contribution in [0.25, 0.3) is 0 Å². The van der Waals surface area contributed by atoms with Gasteiger partial charge >= 0.3 is 5.97 Å². The molecule has 2 rings (SSSR count). The molecule has 1 fully saturated rings. The minimum absolute atomic E-state index is 0.180. The van der Waals surface area contributed by atoms with Gasteiger partial charge in [0.15, 0.2) is 6.61 Å². The molecular formula is C19H28N2O3. The molecule has 0 spiro atoms. The normalized spacial score (nSPS) is 23.4. The predicted octanol–water partition coefficient (Wildman–Crippen LogP) is 2.85. The quantitative estimate of drug-likeness (QED) is 0.843. The van der Waals surface area contributed by atoms with Crippen molar-refractivity contribution in [3.63, 3.8) is 0 Å². The number of hydrogen-bond donors (Lipinski definition) is 1. The highest BCUT2D eigenvalue weighted by molar-refractivity contribution is 5.91. The average molecular weight is 332 g/mol. The predicted molar refractivity (Wildman–Crippen MR) is 95.2 cm³/mol. The second-order valence-electron chi connectivity index (χ2n) is 6.96. The number of hydrogen-bond acceptors (Lipinski definition) is 4. The van der Waals surface area contributed by atoms with E-state index in [-0.39, 0.29) is 18.6 Å². The number of carbonyl (C=O) groups is 2. The van der Waals surface area contributed by atoms with Gasteiger partial charge in [0.2, 0.25) is 0 Å². The summed E-state index contributed by atoms with van der Waals surface area (Å²) in [5, 5.41) is 3.01. The number of rotatable bonds is 5. The molecule has 0 aliphatic heterocycles. The Kier molecular flexibility index (Phi) is 6.23. The molecule has 1 aromatic rings. The highest BCUT2D eigenvalue weighted by Gasteiger charge is 2.28. The Bertz CT molecular complexity index is 568. The van der Waals surface area contributed by atoms with Gasteiger partial charge in [-0.05, 0) is 42.5 Å². The maximum absolute atomic E-state index is 12.0. The second-order valence-corrected chi connectivity index (χ2v) is 6.96. The lowest BCUT2D eigenvalue weighted by atomic mass is 9.78. The zero-order valence-electron chi connectivity index (χ0n) is 15.0. The first-order valence-electron chi connectivity index (χ1n) is 8.62. The fraction of sp³-hybridized carbons (Fsp3) is 0.579. The summed E-state index contributed by atoms with van der Waals surface area (Å²) in [4.78, 5) is 26.0. The molecule has 0 heterocycles. The van der Waals surface area contributed by atoms with Gasteiger partial charge in [0.05, 0.1) is 5.56 Å². The SMILES string of the molecule is C[C@H]1[C@H](C)CCC[C@@H]1NC(=O)COC(=O)c1ccc(N(C)C)cc1. The Balaban J connectivity index is 1.81. The zero-order chi connectivity index (χ0) is 17.7. The van der Waals surface area contributed by atoms with Crippen LogP contribution in [0.5, 0.6) is 0 Å². The molecule has 0 bridgehead atoms. The second kappa shape index (κ2) is 8.18. The number of esters is 1. The Labute approximate surface area is 144 Å². The number of amides is 1. The van der Waals surface area contributed by atoms with Crippen LogP contribution < -0.4 is 10.2 Å². The van der Waals surface area contributed by atoms with Gasteiger partial charge in [-0.1, -0.05) is 26.7 Å². The summed E-state index contributed by atoms with van der Waals surface area (Å²) >= 11 is 0. The number of benzene rings is 1. The molecule has 1 aromatic carbocycles. The Hall–Kier alpha value is -2.04. The largest absolute Gasteiger partial charge is 0.452 e. The molecule has 132 valence electrons. The van der Waals surface area contributed by atoms with Crippen LogP contribution in [0, 0.1) is 11.8 Å². The molecule has 1 aliphatic carbocycles. The van der Waals surface area contributed by atoms with Crippen molar-refractivity contribution in [2.45, 2.75) is 39.2 Å². The topological polar surface area (TPSA) is 58.6 Å². The van der Waals surface area contributed by atoms with Gasteiger partial charge in [0.25, 0.3) is 5.91 Å². The molecule has 5 heteroatoms. The molecule has 24 heavy (non-hydrogen) atoms. The van der Waals surface area contributed by atoms with Gasteiger partial charge in [-0.15, -0.1) is 0 Å². The maximum atomic E-state index is 12.0. The Morgan fingerprint density at radius 3 is 2.46 bits per heavy atom. The molecule has 1 aliphatic rings. The molecule has 0 aromatic heterocycles. The van der Waals surface area contributed by atoms with Gasteiger partial charge in [-0.3, -0.25) is 4.79 Å². The molecule has 0 saturated heterocycles. The summed E-state index contributed by atoms with van der Waals surface area (Å²) in [7, 11) is 3.87. The summed E-state index contributed by atoms with van der Waals surface area (Å²) in [5.41, 5.74) is 1.46. The number of nitrogens with one attached hydrogen (secondary N) is 1. The first-order chi connectivity index (χ1) is 11.4. The van der Waals surface area contributed by atoms with Crippen molar-refractivity contribution in [1.29, 1.82) is 0 Å². The van der Waals surface area contributed by atoms with E-state index in [0.717, 1.165) is 18.5 Å². The Morgan fingerprint density at radius 2 is 1.83 bits per heavy atom. The third-order valence-electron chi connectivity index (χ3n) is 5.01. The van der Waals surface area contributed by atoms with E-state index >= 15 is 0 Å². The van der Waals surface area contributed by atoms with Crippen LogP contribution in [0.3, 0.4) is 0 Å². The van der Waals surface area contributed by atoms with Crippen LogP contribution in [0.2, 0.25) is 0 Å². The number of carbonyl (C=O) groups excluding carboxylic acids is 2. The standard InChI is InChI=1S/C19H28N2O3/c1-13-6-5-7-17(14(13)2)20-18(22)12-24-19(23)15-8-10-16(11-9-15)21(3)4/h8-11,13-14,17H,5-7,12H2,1-4H3,(H,20,22)/t13-,14+,17+/m1/s1. The summed E-state index contributed by atoms with van der Waals surface area (Å²) < 4.78 is 5.13. The monoisotopic (exact) mass is 332 g/mol. The van der Waals surface area contributed by atoms with Crippen molar-refractivity contribution in [1.82, 2.24) is 5.32 Å². The van der Waals surface area contributed by atoms with E-state index in [9.17, 15) is 9.59 Å². The van der Waals surface area contributed by atoms with Crippen molar-refractivity contribution in [2.75, 3.05) is 25.6 Å². The maximum Gasteiger partial charge on any atom is 0.338 e. The van der Waals surface area contributed by atoms with Crippen molar-refractivity contribution < 1.29 is 14.3 Å². The van der Waals surface area contributed by atoms with E-state index in [4.69, 9.17) is 4.74 Å². The van der Waals surface area contributed by atoms with E-state index in [1.165, 1.54) is 6.42 Å². The minimum Gasteiger partial charge on any atom is -0.452 e. The first-order valence-corrected chi connectivity index (χ1v) is 8.62. The van der Waals surface area contributed by atoms with Crippen molar-refractivity contribution in [3.8, 4) is 0 Å². The lowest BCUT2D eigenvalue weighted by Crippen LogP contribution is -2.45. The summed E-state index contributed by atoms with van der Waals surface area (Å²) in [6.07, 6.45) is 3.34. The molecule has 1 N–H and O–H groups in total. The van der Waals surface area contributed by atoms with Crippen LogP contribution >= 0.6 is 0 Å². The van der Waals surface area contributed by atoms with Gasteiger partial charge in [0.1, 0.15) is 0 Å². The molecule has 5 nitrogen and oxygen atoms in total. The van der Waals surface area contributed by atoms with Crippen molar-refractivity contribution in [3.05, 3.63) is 29.8 Å². The van der Waals surface area contributed by atoms with Gasteiger partial charge < -0.3 is 15.0 Å². The first kappa shape index (κ1) is 18.3. The molecule has 1 amide bonds. The molecular weight excluding hydrogens is 304 g/mol. The van der Waals surface area contributed by atoms with Gasteiger partial charge in [-0.2, -0.15) is 0 Å². The smallest absolute Gasteiger partial charge is 0.338 e. The highest BCUT2D eigenvalue weighted by Crippen LogP contribution is 2.29. The number of nitrogens with zero attached hydrogens (tertiary/aromatic N) is 1. The number of ether oxygens (including phenoxy) is 1. The fourth-order valence-electron chi connectivity index (χ4n) is 3.14. The van der Waals surface area contributed by atoms with Crippen LogP contribution in [0.15, 0.2) is 24.3 Å². The molecule has 3 atom stereocenters. The lowest BCUT2D eigenvalue weighted by Gasteiger charge is -2.34. The third kappa shape index (κ3) is 4.73. The highest BCUT2D eigenvalue weighted by atomic mass is 16.5. The fourth-order valence-corrected chi connectivity index (χ4v) is 3.14. The molecule has 0 unspecified atom stereocenters. The van der Waals surface area contributed by atoms with Crippen LogP contribution in [0.1, 0.15) is 43.5 Å². The summed E-state index contributed by atoms with van der Waals surface area (Å²) in [6.45, 7) is 4.17. The van der Waals surface area contributed by atoms with E-state index in [2.05, 4.69) is 19.2 Å². The summed E-state index contributed by atoms with van der Waals surface area (Å²) in [5.74, 6) is 0.374. The molecule has 0 radical (unpaired) electrons. The Morgan fingerprint density at radius 1 is 1.17 bits per heavy atom. The number of anilines is 1. The van der Waals surface area contributed by atoms with Crippen LogP contribution in [-0.4, -0.2) is 38.6 Å². The minimum atomic E-state index is -0.472. The van der Waals surface area contributed by atoms with Crippen molar-refractivity contribution >= 4 is 17.6 Å². The third-order valence-corrected chi connectivity index (χ3v) is 5.01. The van der Waals surface area contributed by atoms with Gasteiger partial charge in [0, 0.05) is 25.8 Å². The zero-order valence-corrected chi connectivity index (χ0v) is 15.0. The average Bonchev–Trinajstić information content (AvgIpc) is 2.57. The van der Waals surface area contributed by atoms with Crippen LogP contribution in [-0.2, 0) is 9.53 Å². The van der Waals surface area contributed by atoms with Crippen molar-refractivity contribution in [2.24, 2.45) is 11.8 Å². The van der Waals surface area contributed by atoms with E-state index in [1.54, 1.807) is 12.1 Å². The van der Waals surface area contributed by atoms with Gasteiger partial charge in [-0.25, -0.2) is 4.79 Å². The van der Waals surface area contributed by atoms with E-state index in [1.807, 2.05) is 31.1 Å². The van der Waals surface area contributed by atoms with E-state index < -0.39 is 5.97 Å². The lowest BCUT2D eigenvalue weighted by molar-refractivity contribution is -0.125.